The fraction of sp³-hybridized carbons (Fsp3) is 0.750. The number of allylic oxidation sites excluding steroid dienone is 1. The lowest BCUT2D eigenvalue weighted by atomic mass is 10.1. The quantitative estimate of drug-likeness (QED) is 0.533. The Morgan fingerprint density at radius 2 is 1.69 bits per heavy atom. The fourth-order valence-corrected chi connectivity index (χ4v) is 1.15. The molecule has 4 atom stereocenters. The van der Waals surface area contributed by atoms with Crippen LogP contribution in [0.4, 0.5) is 4.39 Å². The summed E-state index contributed by atoms with van der Waals surface area (Å²) in [6.45, 7) is 3.03. The molecule has 0 bridgehead atoms. The molecule has 5 heteroatoms. The van der Waals surface area contributed by atoms with Gasteiger partial charge in [-0.3, -0.25) is 0 Å². The maximum absolute atomic E-state index is 13.2. The van der Waals surface area contributed by atoms with E-state index in [-0.39, 0.29) is 0 Å². The highest BCUT2D eigenvalue weighted by Gasteiger charge is 2.44. The smallest absolute Gasteiger partial charge is 0.184 e. The van der Waals surface area contributed by atoms with Gasteiger partial charge in [0.15, 0.2) is 6.29 Å². The first-order valence-corrected chi connectivity index (χ1v) is 3.97. The van der Waals surface area contributed by atoms with Gasteiger partial charge in [0, 0.05) is 0 Å². The van der Waals surface area contributed by atoms with Crippen molar-refractivity contribution in [3.05, 3.63) is 11.4 Å². The lowest BCUT2D eigenvalue weighted by Crippen LogP contribution is -2.32. The van der Waals surface area contributed by atoms with E-state index in [0.29, 0.717) is 5.57 Å². The van der Waals surface area contributed by atoms with Crippen molar-refractivity contribution in [1.82, 2.24) is 0 Å². The maximum atomic E-state index is 13.2. The van der Waals surface area contributed by atoms with Gasteiger partial charge >= 0.3 is 0 Å². The standard InChI is InChI=1S/C8H13FO4/c1-3(2)4(9)7-5(10)6(11)8(12)13-7/h5-8,10-12H,1-2H3/t5-,6+,7+,8?/m0/s1. The van der Waals surface area contributed by atoms with E-state index < -0.39 is 30.4 Å². The molecular formula is C8H13FO4. The van der Waals surface area contributed by atoms with Crippen LogP contribution in [0.2, 0.25) is 0 Å². The minimum absolute atomic E-state index is 0.352. The molecule has 0 aromatic rings. The average molecular weight is 192 g/mol. The van der Waals surface area contributed by atoms with E-state index in [1.54, 1.807) is 0 Å². The van der Waals surface area contributed by atoms with E-state index in [1.165, 1.54) is 13.8 Å². The normalized spacial score (nSPS) is 39.2. The Morgan fingerprint density at radius 1 is 1.15 bits per heavy atom. The largest absolute Gasteiger partial charge is 0.387 e. The SMILES string of the molecule is CC(C)=C(F)[C@H]1OC(O)[C@H](O)[C@@H]1O. The zero-order chi connectivity index (χ0) is 10.2. The van der Waals surface area contributed by atoms with Gasteiger partial charge in [-0.05, 0) is 19.4 Å². The van der Waals surface area contributed by atoms with Crippen LogP contribution in [0, 0.1) is 0 Å². The van der Waals surface area contributed by atoms with Gasteiger partial charge in [-0.2, -0.15) is 0 Å². The zero-order valence-corrected chi connectivity index (χ0v) is 7.44. The molecule has 1 unspecified atom stereocenters. The Balaban J connectivity index is 2.80. The number of rotatable bonds is 1. The molecule has 0 saturated carbocycles. The van der Waals surface area contributed by atoms with Crippen molar-refractivity contribution in [3.63, 3.8) is 0 Å². The van der Waals surface area contributed by atoms with Gasteiger partial charge in [-0.1, -0.05) is 0 Å². The Kier molecular flexibility index (Phi) is 3.02. The van der Waals surface area contributed by atoms with Crippen LogP contribution in [-0.4, -0.2) is 39.9 Å². The molecule has 76 valence electrons. The predicted molar refractivity (Wildman–Crippen MR) is 42.4 cm³/mol. The van der Waals surface area contributed by atoms with Crippen LogP contribution in [0.3, 0.4) is 0 Å². The Labute approximate surface area is 75.3 Å². The predicted octanol–water partition coefficient (Wildman–Crippen LogP) is -0.311. The highest BCUT2D eigenvalue weighted by molar-refractivity contribution is 5.12. The summed E-state index contributed by atoms with van der Waals surface area (Å²) in [7, 11) is 0. The minimum Gasteiger partial charge on any atom is -0.387 e. The second kappa shape index (κ2) is 3.71. The summed E-state index contributed by atoms with van der Waals surface area (Å²) in [5.41, 5.74) is 0.352. The summed E-state index contributed by atoms with van der Waals surface area (Å²) < 4.78 is 17.8. The third kappa shape index (κ3) is 1.88. The van der Waals surface area contributed by atoms with Crippen LogP contribution < -0.4 is 0 Å². The van der Waals surface area contributed by atoms with Crippen LogP contribution in [-0.2, 0) is 4.74 Å². The number of ether oxygens (including phenoxy) is 1. The fourth-order valence-electron chi connectivity index (χ4n) is 1.15. The molecule has 13 heavy (non-hydrogen) atoms. The van der Waals surface area contributed by atoms with Crippen LogP contribution in [0.15, 0.2) is 11.4 Å². The summed E-state index contributed by atoms with van der Waals surface area (Å²) in [6.07, 6.45) is -5.64. The van der Waals surface area contributed by atoms with E-state index in [1.807, 2.05) is 0 Å². The van der Waals surface area contributed by atoms with Gasteiger partial charge in [0.2, 0.25) is 0 Å². The monoisotopic (exact) mass is 192 g/mol. The molecule has 0 aliphatic carbocycles. The molecule has 0 amide bonds. The number of aliphatic hydroxyl groups excluding tert-OH is 3. The second-order valence-corrected chi connectivity index (χ2v) is 3.28. The minimum atomic E-state index is -1.52. The average Bonchev–Trinajstić information content (AvgIpc) is 2.31. The Hall–Kier alpha value is -0.490. The molecule has 1 saturated heterocycles. The summed E-state index contributed by atoms with van der Waals surface area (Å²) >= 11 is 0. The molecule has 0 aromatic carbocycles. The third-order valence-electron chi connectivity index (χ3n) is 1.97. The molecule has 0 radical (unpaired) electrons. The third-order valence-corrected chi connectivity index (χ3v) is 1.97. The summed E-state index contributed by atoms with van der Waals surface area (Å²) in [4.78, 5) is 0. The molecule has 1 rings (SSSR count). The number of hydrogen-bond acceptors (Lipinski definition) is 4. The van der Waals surface area contributed by atoms with Gasteiger partial charge in [-0.25, -0.2) is 4.39 Å². The van der Waals surface area contributed by atoms with E-state index in [0.717, 1.165) is 0 Å². The van der Waals surface area contributed by atoms with Crippen LogP contribution >= 0.6 is 0 Å². The first-order chi connectivity index (χ1) is 5.95. The number of halogens is 1. The molecule has 3 N–H and O–H groups in total. The van der Waals surface area contributed by atoms with E-state index in [4.69, 9.17) is 10.2 Å². The topological polar surface area (TPSA) is 69.9 Å². The highest BCUT2D eigenvalue weighted by atomic mass is 19.1. The Morgan fingerprint density at radius 3 is 2.00 bits per heavy atom. The molecule has 1 fully saturated rings. The molecule has 1 aliphatic rings. The molecular weight excluding hydrogens is 179 g/mol. The lowest BCUT2D eigenvalue weighted by molar-refractivity contribution is -0.124. The number of aliphatic hydroxyl groups is 3. The van der Waals surface area contributed by atoms with Crippen molar-refractivity contribution in [3.8, 4) is 0 Å². The van der Waals surface area contributed by atoms with Gasteiger partial charge in [0.25, 0.3) is 0 Å². The van der Waals surface area contributed by atoms with Crippen LogP contribution in [0.1, 0.15) is 13.8 Å². The van der Waals surface area contributed by atoms with E-state index in [2.05, 4.69) is 4.74 Å². The van der Waals surface area contributed by atoms with Crippen molar-refractivity contribution in [2.75, 3.05) is 0 Å². The lowest BCUT2D eigenvalue weighted by Gasteiger charge is -2.12. The summed E-state index contributed by atoms with van der Waals surface area (Å²) in [6, 6.07) is 0. The zero-order valence-electron chi connectivity index (χ0n) is 7.44. The van der Waals surface area contributed by atoms with Gasteiger partial charge in [0.1, 0.15) is 24.1 Å². The van der Waals surface area contributed by atoms with E-state index in [9.17, 15) is 9.50 Å². The highest BCUT2D eigenvalue weighted by Crippen LogP contribution is 2.27. The van der Waals surface area contributed by atoms with Gasteiger partial charge in [0.05, 0.1) is 0 Å². The van der Waals surface area contributed by atoms with Gasteiger partial charge in [-0.15, -0.1) is 0 Å². The summed E-state index contributed by atoms with van der Waals surface area (Å²) in [5, 5.41) is 27.2. The van der Waals surface area contributed by atoms with Crippen molar-refractivity contribution in [1.29, 1.82) is 0 Å². The summed E-state index contributed by atoms with van der Waals surface area (Å²) in [5.74, 6) is -0.650. The Bertz CT molecular complexity index is 224. The first kappa shape index (κ1) is 10.6. The van der Waals surface area contributed by atoms with Crippen molar-refractivity contribution in [2.24, 2.45) is 0 Å². The van der Waals surface area contributed by atoms with Crippen LogP contribution in [0.25, 0.3) is 0 Å². The maximum Gasteiger partial charge on any atom is 0.184 e. The van der Waals surface area contributed by atoms with Crippen molar-refractivity contribution >= 4 is 0 Å². The molecule has 4 nitrogen and oxygen atoms in total. The molecule has 1 aliphatic heterocycles. The van der Waals surface area contributed by atoms with Crippen molar-refractivity contribution in [2.45, 2.75) is 38.4 Å². The molecule has 0 spiro atoms. The van der Waals surface area contributed by atoms with Crippen molar-refractivity contribution < 1.29 is 24.4 Å². The van der Waals surface area contributed by atoms with Gasteiger partial charge < -0.3 is 20.1 Å². The number of hydrogen-bond donors (Lipinski definition) is 3. The molecule has 1 heterocycles. The first-order valence-electron chi connectivity index (χ1n) is 3.97. The molecule has 0 aromatic heterocycles. The second-order valence-electron chi connectivity index (χ2n) is 3.28. The van der Waals surface area contributed by atoms with E-state index >= 15 is 0 Å². The van der Waals surface area contributed by atoms with Crippen LogP contribution in [0.5, 0.6) is 0 Å².